The van der Waals surface area contributed by atoms with E-state index in [0.29, 0.717) is 17.0 Å². The first-order valence-electron chi connectivity index (χ1n) is 17.5. The summed E-state index contributed by atoms with van der Waals surface area (Å²) in [5.74, 6) is -1.55. The normalized spacial score (nSPS) is 13.7. The number of benzene rings is 2. The van der Waals surface area contributed by atoms with Crippen LogP contribution in [-0.4, -0.2) is 23.0 Å². The van der Waals surface area contributed by atoms with E-state index in [1.54, 1.807) is 12.3 Å². The number of furan rings is 1. The fourth-order valence-corrected chi connectivity index (χ4v) is 6.50. The summed E-state index contributed by atoms with van der Waals surface area (Å²) in [6, 6.07) is 27.5. The molecule has 4 heterocycles. The largest absolute Gasteiger partial charge is 0.486 e. The summed E-state index contributed by atoms with van der Waals surface area (Å²) in [5, 5.41) is 2.95. The molecule has 0 amide bonds. The van der Waals surface area contributed by atoms with Crippen molar-refractivity contribution in [1.82, 2.24) is 15.0 Å². The van der Waals surface area contributed by atoms with Crippen molar-refractivity contribution in [2.75, 3.05) is 0 Å². The minimum absolute atomic E-state index is 0. The van der Waals surface area contributed by atoms with Crippen molar-refractivity contribution in [3.8, 4) is 22.5 Å². The topological polar surface area (TPSA) is 51.8 Å². The van der Waals surface area contributed by atoms with Gasteiger partial charge in [0, 0.05) is 49.1 Å². The van der Waals surface area contributed by atoms with E-state index in [4.69, 9.17) is 9.90 Å². The Morgan fingerprint density at radius 3 is 2.26 bits per heavy atom. The average molecular weight is 808 g/mol. The number of pyridine rings is 3. The number of rotatable bonds is 7. The van der Waals surface area contributed by atoms with E-state index in [9.17, 15) is 0 Å². The van der Waals surface area contributed by atoms with Crippen LogP contribution in [0.15, 0.2) is 83.5 Å². The van der Waals surface area contributed by atoms with Gasteiger partial charge in [0.1, 0.15) is 0 Å². The zero-order chi connectivity index (χ0) is 35.9. The first kappa shape index (κ1) is 29.9. The molecule has 6 heteroatoms. The van der Waals surface area contributed by atoms with Crippen molar-refractivity contribution < 1.29 is 30.0 Å². The Labute approximate surface area is 295 Å². The minimum Gasteiger partial charge on any atom is -0.486 e. The second-order valence-electron chi connectivity index (χ2n) is 13.1. The van der Waals surface area contributed by atoms with Gasteiger partial charge in [0.05, 0.1) is 13.7 Å². The van der Waals surface area contributed by atoms with Gasteiger partial charge in [-0.15, -0.1) is 59.7 Å². The van der Waals surface area contributed by atoms with Crippen LogP contribution in [0, 0.1) is 18.1 Å². The zero-order valence-corrected chi connectivity index (χ0v) is 31.6. The van der Waals surface area contributed by atoms with Gasteiger partial charge in [0.2, 0.25) is 5.71 Å². The first-order chi connectivity index (χ1) is 22.8. The summed E-state index contributed by atoms with van der Waals surface area (Å²) >= 11 is 0. The van der Waals surface area contributed by atoms with E-state index in [1.165, 1.54) is 0 Å². The molecule has 2 aromatic carbocycles. The molecule has 1 radical (unpaired) electrons. The molecule has 0 aliphatic carbocycles. The molecule has 0 saturated heterocycles. The van der Waals surface area contributed by atoms with Crippen LogP contribution in [0.5, 0.6) is 0 Å². The molecule has 0 atom stereocenters. The third-order valence-corrected chi connectivity index (χ3v) is 9.55. The van der Waals surface area contributed by atoms with Crippen LogP contribution >= 0.6 is 0 Å². The van der Waals surface area contributed by atoms with Crippen LogP contribution in [0.25, 0.3) is 44.6 Å². The molecule has 46 heavy (non-hydrogen) atoms. The maximum Gasteiger partial charge on any atom is 0.216 e. The maximum atomic E-state index is 8.55. The zero-order valence-electron chi connectivity index (χ0n) is 32.2. The molecule has 0 spiro atoms. The van der Waals surface area contributed by atoms with Gasteiger partial charge in [-0.2, -0.15) is 0 Å². The van der Waals surface area contributed by atoms with Crippen LogP contribution in [0.3, 0.4) is 0 Å². The molecule has 4 nitrogen and oxygen atoms in total. The molecular formula is C40H45IrN3OSi-2. The third kappa shape index (κ3) is 8.28. The van der Waals surface area contributed by atoms with Crippen LogP contribution in [-0.2, 0) is 26.5 Å². The van der Waals surface area contributed by atoms with Gasteiger partial charge in [0.15, 0.2) is 0 Å². The van der Waals surface area contributed by atoms with E-state index in [0.717, 1.165) is 49.6 Å². The van der Waals surface area contributed by atoms with Crippen LogP contribution in [0.2, 0.25) is 19.6 Å². The molecule has 0 saturated carbocycles. The molecule has 241 valence electrons. The first-order valence-corrected chi connectivity index (χ1v) is 19.0. The second-order valence-corrected chi connectivity index (χ2v) is 18.2. The number of fused-ring (bicyclic) bond motifs is 3. The molecule has 0 aliphatic rings. The fourth-order valence-electron chi connectivity index (χ4n) is 5.10. The van der Waals surface area contributed by atoms with Gasteiger partial charge in [-0.1, -0.05) is 89.8 Å². The monoisotopic (exact) mass is 808 g/mol. The number of hydrogen-bond donors (Lipinski definition) is 0. The standard InChI is InChI=1S/C22H21N2O.C18H24NSi.Ir/c1-13(2)15-9-10-23-20(12-15)16-5-8-21-18(11-16)17-6-7-19(14(3)4)24-22(17)25-21;1-14(2)11-16-12-17(15-9-7-6-8-10-15)19-13-18(16)20(3,4)5;/h6-14H,1-4H3;6-9,12-14H,11H2,1-5H3;/q2*-1;/i13D,14D;11D2;. The average Bonchev–Trinajstić information content (AvgIpc) is 3.41. The smallest absolute Gasteiger partial charge is 0.216 e. The molecule has 6 aromatic rings. The van der Waals surface area contributed by atoms with Crippen LogP contribution in [0.1, 0.15) is 75.6 Å². The van der Waals surface area contributed by atoms with Crippen molar-refractivity contribution in [1.29, 1.82) is 0 Å². The van der Waals surface area contributed by atoms with Gasteiger partial charge in [-0.3, -0.25) is 0 Å². The van der Waals surface area contributed by atoms with Crippen molar-refractivity contribution in [2.24, 2.45) is 5.92 Å². The van der Waals surface area contributed by atoms with Gasteiger partial charge in [-0.25, -0.2) is 4.98 Å². The SMILES string of the molecule is [2H]C(C)(C)c1ccnc(-c2[c-]cc3oc4nc(C([2H])(C)C)ccc4c3c2)c1.[2H]C([2H])(c1cc(-c2[c-]cccc2)ncc1[Si](C)(C)C)C(C)C.[Ir]. The van der Waals surface area contributed by atoms with Crippen LogP contribution in [0.4, 0.5) is 0 Å². The Bertz CT molecular complexity index is 2100. The molecule has 0 bridgehead atoms. The maximum absolute atomic E-state index is 8.55. The van der Waals surface area contributed by atoms with E-state index < -0.39 is 26.2 Å². The van der Waals surface area contributed by atoms with E-state index >= 15 is 0 Å². The quantitative estimate of drug-likeness (QED) is 0.119. The fraction of sp³-hybridized carbons (Fsp3) is 0.325. The summed E-state index contributed by atoms with van der Waals surface area (Å²) in [6.45, 7) is 17.9. The van der Waals surface area contributed by atoms with E-state index in [2.05, 4.69) is 46.7 Å². The summed E-state index contributed by atoms with van der Waals surface area (Å²) in [7, 11) is -1.67. The molecular weight excluding hydrogens is 759 g/mol. The third-order valence-electron chi connectivity index (χ3n) is 7.54. The molecule has 0 unspecified atom stereocenters. The van der Waals surface area contributed by atoms with Crippen molar-refractivity contribution in [2.45, 2.75) is 79.3 Å². The number of aromatic nitrogens is 3. The predicted octanol–water partition coefficient (Wildman–Crippen LogP) is 10.4. The van der Waals surface area contributed by atoms with Crippen molar-refractivity contribution in [3.63, 3.8) is 0 Å². The van der Waals surface area contributed by atoms with Gasteiger partial charge >= 0.3 is 0 Å². The summed E-state index contributed by atoms with van der Waals surface area (Å²) < 4.78 is 39.4. The summed E-state index contributed by atoms with van der Waals surface area (Å²) in [5.41, 5.74) is 6.94. The predicted molar refractivity (Wildman–Crippen MR) is 192 cm³/mol. The number of hydrogen-bond acceptors (Lipinski definition) is 4. The van der Waals surface area contributed by atoms with E-state index in [1.807, 2.05) is 108 Å². The van der Waals surface area contributed by atoms with Gasteiger partial charge in [-0.05, 0) is 58.9 Å². The van der Waals surface area contributed by atoms with Crippen LogP contribution < -0.4 is 5.19 Å². The molecule has 4 aromatic heterocycles. The Balaban J connectivity index is 0.000000225. The Morgan fingerprint density at radius 2 is 1.61 bits per heavy atom. The van der Waals surface area contributed by atoms with Crippen molar-refractivity contribution in [3.05, 3.63) is 108 Å². The second kappa shape index (κ2) is 15.0. The number of nitrogens with zero attached hydrogens (tertiary/aromatic N) is 3. The molecule has 6 rings (SSSR count). The Kier molecular flexibility index (Phi) is 9.74. The summed E-state index contributed by atoms with van der Waals surface area (Å²) in [6.07, 6.45) is 2.26. The van der Waals surface area contributed by atoms with Crippen molar-refractivity contribution >= 4 is 35.3 Å². The molecule has 0 fully saturated rings. The Hall–Kier alpha value is -3.44. The Morgan fingerprint density at radius 1 is 0.848 bits per heavy atom. The van der Waals surface area contributed by atoms with E-state index in [-0.39, 0.29) is 26.0 Å². The van der Waals surface area contributed by atoms with Gasteiger partial charge in [0.25, 0.3) is 0 Å². The molecule has 0 aliphatic heterocycles. The summed E-state index contributed by atoms with van der Waals surface area (Å²) in [4.78, 5) is 13.6. The minimum atomic E-state index is -1.67. The molecule has 0 N–H and O–H groups in total. The van der Waals surface area contributed by atoms with Gasteiger partial charge < -0.3 is 14.4 Å².